The zero-order valence-electron chi connectivity index (χ0n) is 9.47. The fraction of sp³-hybridized carbons (Fsp3) is 0.0769. The van der Waals surface area contributed by atoms with Crippen LogP contribution in [0.25, 0.3) is 0 Å². The summed E-state index contributed by atoms with van der Waals surface area (Å²) in [5.41, 5.74) is 9.48. The first-order valence-corrected chi connectivity index (χ1v) is 5.64. The Balaban J connectivity index is 2.16. The van der Waals surface area contributed by atoms with Crippen molar-refractivity contribution in [1.29, 1.82) is 0 Å². The van der Waals surface area contributed by atoms with Crippen LogP contribution in [0.2, 0.25) is 0 Å². The average Bonchev–Trinajstić information content (AvgIpc) is 2.29. The van der Waals surface area contributed by atoms with Gasteiger partial charge in [0.15, 0.2) is 0 Å². The Bertz CT molecular complexity index is 535. The SMILES string of the molecule is Cc1cncc(Nc2ccc(C(N)=S)cc2)c1. The molecule has 2 aromatic rings. The third-order valence-corrected chi connectivity index (χ3v) is 2.57. The van der Waals surface area contributed by atoms with Gasteiger partial charge in [-0.15, -0.1) is 0 Å². The van der Waals surface area contributed by atoms with Crippen LogP contribution in [-0.2, 0) is 0 Å². The molecule has 1 aromatic carbocycles. The Kier molecular flexibility index (Phi) is 3.35. The lowest BCUT2D eigenvalue weighted by Gasteiger charge is -2.07. The summed E-state index contributed by atoms with van der Waals surface area (Å²) in [6.45, 7) is 2.01. The Hall–Kier alpha value is -1.94. The second-order valence-corrected chi connectivity index (χ2v) is 4.26. The van der Waals surface area contributed by atoms with Gasteiger partial charge in [-0.25, -0.2) is 0 Å². The van der Waals surface area contributed by atoms with Crippen molar-refractivity contribution in [3.8, 4) is 0 Å². The van der Waals surface area contributed by atoms with Crippen LogP contribution in [0.1, 0.15) is 11.1 Å². The molecule has 2 rings (SSSR count). The normalized spacial score (nSPS) is 9.94. The van der Waals surface area contributed by atoms with Crippen molar-refractivity contribution in [2.75, 3.05) is 5.32 Å². The summed E-state index contributed by atoms with van der Waals surface area (Å²) in [5, 5.41) is 3.26. The number of pyridine rings is 1. The zero-order chi connectivity index (χ0) is 12.3. The number of rotatable bonds is 3. The summed E-state index contributed by atoms with van der Waals surface area (Å²) in [4.78, 5) is 4.53. The third kappa shape index (κ3) is 3.01. The zero-order valence-corrected chi connectivity index (χ0v) is 10.3. The molecule has 0 aliphatic heterocycles. The number of benzene rings is 1. The smallest absolute Gasteiger partial charge is 0.103 e. The van der Waals surface area contributed by atoms with Gasteiger partial charge < -0.3 is 11.1 Å². The fourth-order valence-electron chi connectivity index (χ4n) is 1.51. The quantitative estimate of drug-likeness (QED) is 0.814. The van der Waals surface area contributed by atoms with Gasteiger partial charge in [-0.1, -0.05) is 12.2 Å². The van der Waals surface area contributed by atoms with Crippen molar-refractivity contribution in [2.45, 2.75) is 6.92 Å². The van der Waals surface area contributed by atoms with Gasteiger partial charge in [0.2, 0.25) is 0 Å². The van der Waals surface area contributed by atoms with Gasteiger partial charge in [0.25, 0.3) is 0 Å². The molecule has 0 fully saturated rings. The largest absolute Gasteiger partial charge is 0.389 e. The first-order valence-electron chi connectivity index (χ1n) is 5.24. The van der Waals surface area contributed by atoms with E-state index in [1.54, 1.807) is 6.20 Å². The maximum atomic E-state index is 5.54. The number of aromatic nitrogens is 1. The van der Waals surface area contributed by atoms with Gasteiger partial charge in [-0.05, 0) is 42.8 Å². The molecule has 1 aromatic heterocycles. The van der Waals surface area contributed by atoms with E-state index in [0.29, 0.717) is 4.99 Å². The fourth-order valence-corrected chi connectivity index (χ4v) is 1.64. The first kappa shape index (κ1) is 11.5. The molecule has 1 heterocycles. The van der Waals surface area contributed by atoms with E-state index in [0.717, 1.165) is 22.5 Å². The molecule has 0 spiro atoms. The predicted molar refractivity (Wildman–Crippen MR) is 74.6 cm³/mol. The lowest BCUT2D eigenvalue weighted by molar-refractivity contribution is 1.26. The third-order valence-electron chi connectivity index (χ3n) is 2.33. The molecule has 0 radical (unpaired) electrons. The van der Waals surface area contributed by atoms with Crippen LogP contribution in [-0.4, -0.2) is 9.97 Å². The molecule has 0 bridgehead atoms. The van der Waals surface area contributed by atoms with Gasteiger partial charge >= 0.3 is 0 Å². The van der Waals surface area contributed by atoms with E-state index in [4.69, 9.17) is 18.0 Å². The van der Waals surface area contributed by atoms with E-state index < -0.39 is 0 Å². The summed E-state index contributed by atoms with van der Waals surface area (Å²) < 4.78 is 0. The van der Waals surface area contributed by atoms with Gasteiger partial charge in [-0.2, -0.15) is 0 Å². The topological polar surface area (TPSA) is 50.9 Å². The molecule has 3 nitrogen and oxygen atoms in total. The summed E-state index contributed by atoms with van der Waals surface area (Å²) >= 11 is 4.90. The van der Waals surface area contributed by atoms with Crippen molar-refractivity contribution < 1.29 is 0 Å². The monoisotopic (exact) mass is 243 g/mol. The number of nitrogens with one attached hydrogen (secondary N) is 1. The highest BCUT2D eigenvalue weighted by atomic mass is 32.1. The minimum absolute atomic E-state index is 0.411. The van der Waals surface area contributed by atoms with Crippen LogP contribution >= 0.6 is 12.2 Å². The van der Waals surface area contributed by atoms with E-state index in [9.17, 15) is 0 Å². The highest BCUT2D eigenvalue weighted by Crippen LogP contribution is 2.16. The van der Waals surface area contributed by atoms with Gasteiger partial charge in [0, 0.05) is 17.4 Å². The van der Waals surface area contributed by atoms with E-state index in [1.807, 2.05) is 43.5 Å². The summed E-state index contributed by atoms with van der Waals surface area (Å²) in [5.74, 6) is 0. The molecule has 0 amide bonds. The van der Waals surface area contributed by atoms with Gasteiger partial charge in [-0.3, -0.25) is 4.98 Å². The molecule has 17 heavy (non-hydrogen) atoms. The number of anilines is 2. The average molecular weight is 243 g/mol. The van der Waals surface area contributed by atoms with Crippen molar-refractivity contribution in [2.24, 2.45) is 5.73 Å². The number of aryl methyl sites for hydroxylation is 1. The number of thiocarbonyl (C=S) groups is 1. The molecule has 0 saturated carbocycles. The number of hydrogen-bond donors (Lipinski definition) is 2. The van der Waals surface area contributed by atoms with E-state index >= 15 is 0 Å². The van der Waals surface area contributed by atoms with Crippen LogP contribution in [0.3, 0.4) is 0 Å². The first-order chi connectivity index (χ1) is 8.15. The van der Waals surface area contributed by atoms with Crippen molar-refractivity contribution in [1.82, 2.24) is 4.98 Å². The summed E-state index contributed by atoms with van der Waals surface area (Å²) in [6.07, 6.45) is 3.61. The van der Waals surface area contributed by atoms with Gasteiger partial charge in [0.1, 0.15) is 4.99 Å². The Morgan fingerprint density at radius 1 is 1.18 bits per heavy atom. The van der Waals surface area contributed by atoms with Crippen LogP contribution in [0.5, 0.6) is 0 Å². The minimum atomic E-state index is 0.411. The maximum Gasteiger partial charge on any atom is 0.103 e. The molecule has 0 aliphatic carbocycles. The second-order valence-electron chi connectivity index (χ2n) is 3.82. The second kappa shape index (κ2) is 4.93. The van der Waals surface area contributed by atoms with Crippen molar-refractivity contribution >= 4 is 28.6 Å². The van der Waals surface area contributed by atoms with E-state index in [1.165, 1.54) is 0 Å². The molecule has 0 atom stereocenters. The highest BCUT2D eigenvalue weighted by Gasteiger charge is 1.98. The van der Waals surface area contributed by atoms with E-state index in [2.05, 4.69) is 10.3 Å². The van der Waals surface area contributed by atoms with Crippen LogP contribution in [0, 0.1) is 6.92 Å². The van der Waals surface area contributed by atoms with Crippen LogP contribution in [0.4, 0.5) is 11.4 Å². The van der Waals surface area contributed by atoms with Crippen LogP contribution < -0.4 is 11.1 Å². The molecule has 4 heteroatoms. The molecule has 3 N–H and O–H groups in total. The van der Waals surface area contributed by atoms with Crippen molar-refractivity contribution in [3.63, 3.8) is 0 Å². The summed E-state index contributed by atoms with van der Waals surface area (Å²) in [7, 11) is 0. The highest BCUT2D eigenvalue weighted by molar-refractivity contribution is 7.80. The molecule has 86 valence electrons. The Morgan fingerprint density at radius 3 is 2.47 bits per heavy atom. The molecule has 0 saturated heterocycles. The lowest BCUT2D eigenvalue weighted by atomic mass is 10.2. The molecule has 0 unspecified atom stereocenters. The molecule has 0 aliphatic rings. The van der Waals surface area contributed by atoms with Crippen LogP contribution in [0.15, 0.2) is 42.7 Å². The Labute approximate surface area is 106 Å². The van der Waals surface area contributed by atoms with E-state index in [-0.39, 0.29) is 0 Å². The van der Waals surface area contributed by atoms with Gasteiger partial charge in [0.05, 0.1) is 11.9 Å². The summed E-state index contributed by atoms with van der Waals surface area (Å²) in [6, 6.07) is 9.71. The standard InChI is InChI=1S/C13H13N3S/c1-9-6-12(8-15-7-9)16-11-4-2-10(3-5-11)13(14)17/h2-8,16H,1H3,(H2,14,17). The lowest BCUT2D eigenvalue weighted by Crippen LogP contribution is -2.08. The predicted octanol–water partition coefficient (Wildman–Crippen LogP) is 2.77. The Morgan fingerprint density at radius 2 is 1.88 bits per heavy atom. The maximum absolute atomic E-state index is 5.54. The number of nitrogens with zero attached hydrogens (tertiary/aromatic N) is 1. The molecular weight excluding hydrogens is 230 g/mol. The van der Waals surface area contributed by atoms with Crippen molar-refractivity contribution in [3.05, 3.63) is 53.9 Å². The number of hydrogen-bond acceptors (Lipinski definition) is 3. The molecular formula is C13H13N3S. The number of nitrogens with two attached hydrogens (primary N) is 1. The minimum Gasteiger partial charge on any atom is -0.389 e.